The molecule has 3 amide bonds. The van der Waals surface area contributed by atoms with Crippen LogP contribution in [-0.2, 0) is 5.41 Å². The molecule has 0 bridgehead atoms. The van der Waals surface area contributed by atoms with E-state index in [0.717, 1.165) is 25.1 Å². The van der Waals surface area contributed by atoms with E-state index >= 15 is 0 Å². The van der Waals surface area contributed by atoms with E-state index in [1.165, 1.54) is 0 Å². The van der Waals surface area contributed by atoms with Crippen LogP contribution in [-0.4, -0.2) is 50.7 Å². The molecule has 1 aliphatic rings. The number of piperidine rings is 1. The van der Waals surface area contributed by atoms with Crippen molar-refractivity contribution in [3.8, 4) is 5.75 Å². The van der Waals surface area contributed by atoms with Gasteiger partial charge in [0.15, 0.2) is 0 Å². The molecular weight excluding hydrogens is 520 g/mol. The van der Waals surface area contributed by atoms with Crippen LogP contribution >= 0.6 is 0 Å². The van der Waals surface area contributed by atoms with Crippen LogP contribution in [0, 0.1) is 0 Å². The Bertz CT molecular complexity index is 1340. The number of ether oxygens (including phenoxy) is 1. The molecule has 220 valence electrons. The number of amides is 3. The maximum absolute atomic E-state index is 12.8. The second kappa shape index (κ2) is 11.5. The van der Waals surface area contributed by atoms with Crippen LogP contribution in [0.15, 0.2) is 53.2 Å². The number of hydrogen-bond donors (Lipinski definition) is 3. The van der Waals surface area contributed by atoms with Crippen LogP contribution in [0.4, 0.5) is 22.1 Å². The van der Waals surface area contributed by atoms with Crippen molar-refractivity contribution < 1.29 is 18.8 Å². The van der Waals surface area contributed by atoms with E-state index in [-0.39, 0.29) is 40.1 Å². The van der Waals surface area contributed by atoms with Gasteiger partial charge in [0, 0.05) is 46.8 Å². The molecule has 1 aliphatic heterocycles. The zero-order valence-corrected chi connectivity index (χ0v) is 25.3. The lowest BCUT2D eigenvalue weighted by atomic mass is 9.78. The van der Waals surface area contributed by atoms with E-state index < -0.39 is 6.03 Å². The number of carbonyl (C=O) groups is 2. The van der Waals surface area contributed by atoms with Gasteiger partial charge >= 0.3 is 6.03 Å². The highest BCUT2D eigenvalue weighted by Crippen LogP contribution is 2.39. The summed E-state index contributed by atoms with van der Waals surface area (Å²) in [5, 5.41) is 12.2. The van der Waals surface area contributed by atoms with Crippen molar-refractivity contribution in [2.45, 2.75) is 90.8 Å². The molecule has 0 unspecified atom stereocenters. The number of nitrogens with one attached hydrogen (secondary N) is 3. The van der Waals surface area contributed by atoms with E-state index in [1.54, 1.807) is 48.7 Å². The Hall–Kier alpha value is -3.92. The Labute approximate surface area is 242 Å². The maximum atomic E-state index is 12.8. The Morgan fingerprint density at radius 3 is 2.10 bits per heavy atom. The van der Waals surface area contributed by atoms with Gasteiger partial charge in [-0.25, -0.2) is 9.78 Å². The minimum Gasteiger partial charge on any atom is -0.489 e. The van der Waals surface area contributed by atoms with Crippen LogP contribution in [0.5, 0.6) is 5.75 Å². The molecule has 0 saturated carbocycles. The van der Waals surface area contributed by atoms with Gasteiger partial charge in [0.1, 0.15) is 17.5 Å². The predicted molar refractivity (Wildman–Crippen MR) is 161 cm³/mol. The summed E-state index contributed by atoms with van der Waals surface area (Å²) in [5.74, 6) is 0.569. The second-order valence-electron chi connectivity index (χ2n) is 12.8. The molecule has 3 N–H and O–H groups in total. The minimum atomic E-state index is -0.465. The van der Waals surface area contributed by atoms with Gasteiger partial charge in [-0.05, 0) is 70.6 Å². The number of aromatic nitrogens is 2. The normalized spacial score (nSPS) is 17.1. The third kappa shape index (κ3) is 7.43. The Kier molecular flexibility index (Phi) is 8.44. The van der Waals surface area contributed by atoms with E-state index in [0.29, 0.717) is 17.1 Å². The Morgan fingerprint density at radius 2 is 1.59 bits per heavy atom. The van der Waals surface area contributed by atoms with E-state index in [9.17, 15) is 9.59 Å². The number of pyridine rings is 1. The molecule has 1 fully saturated rings. The van der Waals surface area contributed by atoms with Gasteiger partial charge in [0.2, 0.25) is 5.88 Å². The molecule has 4 rings (SSSR count). The Balaban J connectivity index is 1.29. The minimum absolute atomic E-state index is 0.0242. The number of nitrogens with zero attached hydrogens (tertiary/aromatic N) is 3. The van der Waals surface area contributed by atoms with Crippen LogP contribution < -0.4 is 20.7 Å². The van der Waals surface area contributed by atoms with Crippen LogP contribution in [0.1, 0.15) is 84.4 Å². The molecule has 1 saturated heterocycles. The summed E-state index contributed by atoms with van der Waals surface area (Å²) in [6.45, 7) is 18.3. The fourth-order valence-electron chi connectivity index (χ4n) is 5.74. The molecule has 0 spiro atoms. The molecule has 10 nitrogen and oxygen atoms in total. The van der Waals surface area contributed by atoms with Gasteiger partial charge in [-0.3, -0.25) is 15.0 Å². The summed E-state index contributed by atoms with van der Waals surface area (Å²) in [4.78, 5) is 32.0. The second-order valence-corrected chi connectivity index (χ2v) is 12.8. The molecule has 41 heavy (non-hydrogen) atoms. The van der Waals surface area contributed by atoms with Gasteiger partial charge in [0.05, 0.1) is 11.9 Å². The fraction of sp³-hybridized carbons (Fsp3) is 0.484. The first-order valence-electron chi connectivity index (χ1n) is 14.0. The molecular formula is C31H42N6O4. The summed E-state index contributed by atoms with van der Waals surface area (Å²) >= 11 is 0. The largest absolute Gasteiger partial charge is 0.489 e. The van der Waals surface area contributed by atoms with Crippen molar-refractivity contribution in [3.05, 3.63) is 60.0 Å². The summed E-state index contributed by atoms with van der Waals surface area (Å²) < 4.78 is 11.5. The number of carbonyl (C=O) groups excluding carboxylic acids is 2. The standard InChI is InChI=1S/C31H42N6O4/c1-9-37-30(5,6)17-23(18-31(37,7)8)40-22-14-15-24(32-19-22)27(38)33-20-10-12-21(13-11-20)34-28(39)35-26-16-25(36-41-26)29(2,3)4/h10-16,19,23H,9,17-18H2,1-8H3,(H,33,38)(H2,34,35,39). The van der Waals surface area contributed by atoms with Crippen LogP contribution in [0.3, 0.4) is 0 Å². The fourth-order valence-corrected chi connectivity index (χ4v) is 5.74. The highest BCUT2D eigenvalue weighted by molar-refractivity contribution is 6.03. The lowest BCUT2D eigenvalue weighted by molar-refractivity contribution is -0.0697. The third-order valence-electron chi connectivity index (χ3n) is 7.42. The highest BCUT2D eigenvalue weighted by atomic mass is 16.5. The zero-order chi connectivity index (χ0) is 30.0. The lowest BCUT2D eigenvalue weighted by Gasteiger charge is -2.54. The molecule has 3 heterocycles. The topological polar surface area (TPSA) is 122 Å². The van der Waals surface area contributed by atoms with Gasteiger partial charge in [-0.2, -0.15) is 0 Å². The number of hydrogen-bond acceptors (Lipinski definition) is 7. The number of likely N-dealkylation sites (tertiary alicyclic amines) is 1. The summed E-state index contributed by atoms with van der Waals surface area (Å²) in [6, 6.07) is 11.5. The van der Waals surface area contributed by atoms with Crippen molar-refractivity contribution in [2.24, 2.45) is 0 Å². The van der Waals surface area contributed by atoms with Crippen molar-refractivity contribution in [2.75, 3.05) is 22.5 Å². The van der Waals surface area contributed by atoms with Gasteiger partial charge in [0.25, 0.3) is 5.91 Å². The quantitative estimate of drug-likeness (QED) is 0.293. The van der Waals surface area contributed by atoms with Crippen molar-refractivity contribution in [1.82, 2.24) is 15.0 Å². The molecule has 0 radical (unpaired) electrons. The third-order valence-corrected chi connectivity index (χ3v) is 7.42. The average molecular weight is 563 g/mol. The summed E-state index contributed by atoms with van der Waals surface area (Å²) in [6.07, 6.45) is 3.50. The van der Waals surface area contributed by atoms with E-state index in [1.807, 2.05) is 20.8 Å². The monoisotopic (exact) mass is 562 g/mol. The lowest BCUT2D eigenvalue weighted by Crippen LogP contribution is -2.62. The zero-order valence-electron chi connectivity index (χ0n) is 25.3. The first-order valence-corrected chi connectivity index (χ1v) is 14.0. The molecule has 10 heteroatoms. The summed E-state index contributed by atoms with van der Waals surface area (Å²) in [5.41, 5.74) is 2.00. The number of urea groups is 1. The van der Waals surface area contributed by atoms with E-state index in [4.69, 9.17) is 9.26 Å². The average Bonchev–Trinajstić information content (AvgIpc) is 3.33. The number of benzene rings is 1. The van der Waals surface area contributed by atoms with Gasteiger partial charge < -0.3 is 19.9 Å². The maximum Gasteiger partial charge on any atom is 0.326 e. The number of anilines is 3. The predicted octanol–water partition coefficient (Wildman–Crippen LogP) is 6.68. The first kappa shape index (κ1) is 30.0. The van der Waals surface area contributed by atoms with Gasteiger partial charge in [-0.1, -0.05) is 32.9 Å². The van der Waals surface area contributed by atoms with Crippen molar-refractivity contribution in [3.63, 3.8) is 0 Å². The van der Waals surface area contributed by atoms with Crippen molar-refractivity contribution >= 4 is 29.2 Å². The molecule has 2 aromatic heterocycles. The van der Waals surface area contributed by atoms with Crippen LogP contribution in [0.25, 0.3) is 0 Å². The van der Waals surface area contributed by atoms with E-state index in [2.05, 4.69) is 65.6 Å². The molecule has 0 aliphatic carbocycles. The highest BCUT2D eigenvalue weighted by Gasteiger charge is 2.45. The van der Waals surface area contributed by atoms with Crippen molar-refractivity contribution in [1.29, 1.82) is 0 Å². The Morgan fingerprint density at radius 1 is 0.976 bits per heavy atom. The smallest absolute Gasteiger partial charge is 0.326 e. The van der Waals surface area contributed by atoms with Gasteiger partial charge in [-0.15, -0.1) is 0 Å². The SMILES string of the molecule is CCN1C(C)(C)CC(Oc2ccc(C(=O)Nc3ccc(NC(=O)Nc4cc(C(C)(C)C)no4)cc3)nc2)CC1(C)C. The molecule has 0 atom stereocenters. The molecule has 1 aromatic carbocycles. The first-order chi connectivity index (χ1) is 19.2. The summed E-state index contributed by atoms with van der Waals surface area (Å²) in [7, 11) is 0. The van der Waals surface area contributed by atoms with Crippen LogP contribution in [0.2, 0.25) is 0 Å². The number of rotatable bonds is 7. The molecule has 3 aromatic rings.